The molecule has 0 aromatic heterocycles. The van der Waals surface area contributed by atoms with Crippen molar-refractivity contribution in [3.8, 4) is 0 Å². The third-order valence-corrected chi connectivity index (χ3v) is 3.82. The van der Waals surface area contributed by atoms with E-state index in [2.05, 4.69) is 0 Å². The minimum absolute atomic E-state index is 0.0722. The molecule has 0 heterocycles. The summed E-state index contributed by atoms with van der Waals surface area (Å²) >= 11 is 11.7. The van der Waals surface area contributed by atoms with Gasteiger partial charge in [0, 0.05) is 24.7 Å². The Morgan fingerprint density at radius 3 is 2.80 bits per heavy atom. The molecule has 2 aliphatic carbocycles. The van der Waals surface area contributed by atoms with Gasteiger partial charge in [-0.15, -0.1) is 0 Å². The van der Waals surface area contributed by atoms with Gasteiger partial charge in [0.25, 0.3) is 0 Å². The minimum Gasteiger partial charge on any atom is -0.465 e. The fourth-order valence-electron chi connectivity index (χ4n) is 2.14. The summed E-state index contributed by atoms with van der Waals surface area (Å²) < 4.78 is 3.59. The van der Waals surface area contributed by atoms with E-state index in [9.17, 15) is 9.59 Å². The molecule has 0 aromatic carbocycles. The molecular formula is C10H10Cl2O3. The number of esters is 1. The summed E-state index contributed by atoms with van der Waals surface area (Å²) in [6.07, 6.45) is 3.68. The highest BCUT2D eigenvalue weighted by atomic mass is 35.5. The van der Waals surface area contributed by atoms with Crippen molar-refractivity contribution in [2.24, 2.45) is 17.8 Å². The zero-order valence-corrected chi connectivity index (χ0v) is 9.59. The van der Waals surface area contributed by atoms with Crippen molar-refractivity contribution >= 4 is 35.0 Å². The van der Waals surface area contributed by atoms with Gasteiger partial charge in [-0.3, -0.25) is 9.59 Å². The summed E-state index contributed by atoms with van der Waals surface area (Å²) in [5, 5.41) is 0. The zero-order valence-electron chi connectivity index (χ0n) is 8.07. The molecule has 5 heteroatoms. The molecule has 0 bridgehead atoms. The van der Waals surface area contributed by atoms with Crippen LogP contribution in [-0.2, 0) is 14.3 Å². The zero-order chi connectivity index (χ0) is 11.2. The molecule has 2 rings (SSSR count). The number of fused-ring (bicyclic) bond motifs is 1. The minimum atomic E-state index is -1.27. The molecule has 1 saturated carbocycles. The topological polar surface area (TPSA) is 43.4 Å². The number of Topliss-reactive ketones (excluding diaryl/α,β-unsaturated/α-hetero) is 1. The summed E-state index contributed by atoms with van der Waals surface area (Å²) in [6, 6.07) is 0. The third-order valence-electron chi connectivity index (χ3n) is 2.94. The van der Waals surface area contributed by atoms with Crippen LogP contribution < -0.4 is 0 Å². The van der Waals surface area contributed by atoms with Crippen molar-refractivity contribution < 1.29 is 14.3 Å². The number of ether oxygens (including phenoxy) is 1. The number of alkyl halides is 2. The van der Waals surface area contributed by atoms with Gasteiger partial charge in [-0.1, -0.05) is 35.4 Å². The lowest BCUT2D eigenvalue weighted by atomic mass is 9.70. The lowest BCUT2D eigenvalue weighted by Gasteiger charge is -2.43. The van der Waals surface area contributed by atoms with Crippen LogP contribution in [0.3, 0.4) is 0 Å². The summed E-state index contributed by atoms with van der Waals surface area (Å²) in [5.41, 5.74) is 0. The Bertz CT molecular complexity index is 349. The summed E-state index contributed by atoms with van der Waals surface area (Å²) in [7, 11) is 0. The maximum atomic E-state index is 11.6. The first kappa shape index (κ1) is 11.0. The van der Waals surface area contributed by atoms with E-state index in [0.717, 1.165) is 0 Å². The standard InChI is InChI=1S/C10H10Cl2O3/c1-5(13)15-4-6-2-3-7-8(6)9(14)10(7,11)12/h2-3,6-8H,4H2,1H3/t6-,7+,8-/m1/s1. The molecule has 2 aliphatic rings. The van der Waals surface area contributed by atoms with Crippen molar-refractivity contribution in [1.82, 2.24) is 0 Å². The number of halogens is 2. The van der Waals surface area contributed by atoms with E-state index in [-0.39, 0.29) is 36.1 Å². The van der Waals surface area contributed by atoms with Crippen LogP contribution in [0.25, 0.3) is 0 Å². The third kappa shape index (κ3) is 1.58. The largest absolute Gasteiger partial charge is 0.465 e. The molecule has 0 aromatic rings. The smallest absolute Gasteiger partial charge is 0.302 e. The molecule has 0 radical (unpaired) electrons. The number of carbonyl (C=O) groups excluding carboxylic acids is 2. The van der Waals surface area contributed by atoms with Crippen LogP contribution in [0.2, 0.25) is 0 Å². The SMILES string of the molecule is CC(=O)OC[C@H]1C=C[C@H]2[C@@H]1C(=O)C2(Cl)Cl. The van der Waals surface area contributed by atoms with E-state index in [4.69, 9.17) is 27.9 Å². The Kier molecular flexibility index (Phi) is 2.55. The van der Waals surface area contributed by atoms with Crippen molar-refractivity contribution in [2.45, 2.75) is 11.3 Å². The predicted molar refractivity (Wildman–Crippen MR) is 55.7 cm³/mol. The van der Waals surface area contributed by atoms with Crippen LogP contribution in [-0.4, -0.2) is 22.7 Å². The van der Waals surface area contributed by atoms with Crippen LogP contribution >= 0.6 is 23.2 Å². The molecule has 0 saturated heterocycles. The summed E-state index contributed by atoms with van der Waals surface area (Å²) in [5.74, 6) is -0.926. The van der Waals surface area contributed by atoms with Gasteiger partial charge in [0.15, 0.2) is 10.1 Å². The van der Waals surface area contributed by atoms with E-state index in [1.807, 2.05) is 12.2 Å². The van der Waals surface area contributed by atoms with E-state index in [0.29, 0.717) is 0 Å². The summed E-state index contributed by atoms with van der Waals surface area (Å²) in [4.78, 5) is 22.2. The van der Waals surface area contributed by atoms with Gasteiger partial charge in [-0.25, -0.2) is 0 Å². The highest BCUT2D eigenvalue weighted by Crippen LogP contribution is 2.55. The van der Waals surface area contributed by atoms with Crippen molar-refractivity contribution in [2.75, 3.05) is 6.61 Å². The van der Waals surface area contributed by atoms with E-state index < -0.39 is 4.33 Å². The lowest BCUT2D eigenvalue weighted by Crippen LogP contribution is -2.56. The van der Waals surface area contributed by atoms with Crippen molar-refractivity contribution in [3.05, 3.63) is 12.2 Å². The Morgan fingerprint density at radius 2 is 2.20 bits per heavy atom. The van der Waals surface area contributed by atoms with Crippen LogP contribution in [0, 0.1) is 17.8 Å². The highest BCUT2D eigenvalue weighted by Gasteiger charge is 2.63. The highest BCUT2D eigenvalue weighted by molar-refractivity contribution is 6.61. The van der Waals surface area contributed by atoms with E-state index in [1.54, 1.807) is 0 Å². The Morgan fingerprint density at radius 1 is 1.53 bits per heavy atom. The molecule has 1 fully saturated rings. The second-order valence-electron chi connectivity index (χ2n) is 3.89. The molecule has 0 amide bonds. The maximum absolute atomic E-state index is 11.6. The maximum Gasteiger partial charge on any atom is 0.302 e. The normalized spacial score (nSPS) is 35.9. The molecule has 15 heavy (non-hydrogen) atoms. The number of rotatable bonds is 2. The lowest BCUT2D eigenvalue weighted by molar-refractivity contribution is -0.145. The van der Waals surface area contributed by atoms with Crippen LogP contribution in [0.5, 0.6) is 0 Å². The number of ketones is 1. The van der Waals surface area contributed by atoms with Gasteiger partial charge >= 0.3 is 5.97 Å². The fraction of sp³-hybridized carbons (Fsp3) is 0.600. The molecule has 0 unspecified atom stereocenters. The predicted octanol–water partition coefficient (Wildman–Crippen LogP) is 1.72. The first-order chi connectivity index (χ1) is 6.94. The molecule has 82 valence electrons. The monoisotopic (exact) mass is 248 g/mol. The van der Waals surface area contributed by atoms with Gasteiger partial charge in [-0.2, -0.15) is 0 Å². The number of hydrogen-bond acceptors (Lipinski definition) is 3. The van der Waals surface area contributed by atoms with Crippen LogP contribution in [0.4, 0.5) is 0 Å². The van der Waals surface area contributed by atoms with Crippen LogP contribution in [0.15, 0.2) is 12.2 Å². The van der Waals surface area contributed by atoms with E-state index in [1.165, 1.54) is 6.92 Å². The first-order valence-electron chi connectivity index (χ1n) is 4.68. The Balaban J connectivity index is 2.00. The average Bonchev–Trinajstić information content (AvgIpc) is 2.55. The van der Waals surface area contributed by atoms with Gasteiger partial charge in [0.2, 0.25) is 0 Å². The molecular weight excluding hydrogens is 239 g/mol. The number of allylic oxidation sites excluding steroid dienone is 1. The Hall–Kier alpha value is -0.540. The molecule has 3 atom stereocenters. The fourth-order valence-corrected chi connectivity index (χ4v) is 2.80. The second-order valence-corrected chi connectivity index (χ2v) is 5.28. The van der Waals surface area contributed by atoms with Gasteiger partial charge < -0.3 is 4.74 Å². The molecule has 0 spiro atoms. The second kappa shape index (κ2) is 3.49. The van der Waals surface area contributed by atoms with E-state index >= 15 is 0 Å². The quantitative estimate of drug-likeness (QED) is 0.425. The van der Waals surface area contributed by atoms with Crippen LogP contribution in [0.1, 0.15) is 6.92 Å². The van der Waals surface area contributed by atoms with Crippen molar-refractivity contribution in [1.29, 1.82) is 0 Å². The molecule has 0 N–H and O–H groups in total. The number of carbonyl (C=O) groups is 2. The van der Waals surface area contributed by atoms with Gasteiger partial charge in [0.1, 0.15) is 0 Å². The molecule has 3 nitrogen and oxygen atoms in total. The number of hydrogen-bond donors (Lipinski definition) is 0. The van der Waals surface area contributed by atoms with Crippen molar-refractivity contribution in [3.63, 3.8) is 0 Å². The Labute approximate surface area is 97.4 Å². The van der Waals surface area contributed by atoms with Gasteiger partial charge in [-0.05, 0) is 0 Å². The first-order valence-corrected chi connectivity index (χ1v) is 5.44. The molecule has 0 aliphatic heterocycles. The summed E-state index contributed by atoms with van der Waals surface area (Å²) in [6.45, 7) is 1.56. The van der Waals surface area contributed by atoms with Gasteiger partial charge in [0.05, 0.1) is 6.61 Å². The average molecular weight is 249 g/mol.